The first-order valence-corrected chi connectivity index (χ1v) is 7.35. The smallest absolute Gasteiger partial charge is 0.257 e. The molecule has 1 aliphatic carbocycles. The van der Waals surface area contributed by atoms with Crippen molar-refractivity contribution >= 4 is 5.91 Å². The summed E-state index contributed by atoms with van der Waals surface area (Å²) in [5, 5.41) is 6.93. The molecule has 0 aliphatic heterocycles. The fraction of sp³-hybridized carbons (Fsp3) is 0.438. The molecular formula is C16H19N3O2. The van der Waals surface area contributed by atoms with Crippen molar-refractivity contribution in [3.05, 3.63) is 35.7 Å². The molecule has 1 aliphatic rings. The monoisotopic (exact) mass is 285 g/mol. The van der Waals surface area contributed by atoms with Gasteiger partial charge in [-0.15, -0.1) is 0 Å². The maximum atomic E-state index is 12.3. The topological polar surface area (TPSA) is 68.0 Å². The van der Waals surface area contributed by atoms with E-state index in [1.54, 1.807) is 19.1 Å². The van der Waals surface area contributed by atoms with Crippen molar-refractivity contribution in [2.24, 2.45) is 0 Å². The fourth-order valence-electron chi connectivity index (χ4n) is 2.66. The normalized spacial score (nSPS) is 16.3. The van der Waals surface area contributed by atoms with Gasteiger partial charge in [-0.05, 0) is 56.9 Å². The third-order valence-corrected chi connectivity index (χ3v) is 4.29. The zero-order chi connectivity index (χ0) is 14.9. The number of carbonyl (C=O) groups excluding carboxylic acids is 1. The van der Waals surface area contributed by atoms with Gasteiger partial charge < -0.3 is 9.84 Å². The van der Waals surface area contributed by atoms with Gasteiger partial charge in [0.05, 0.1) is 0 Å². The molecule has 110 valence electrons. The van der Waals surface area contributed by atoms with E-state index in [1.165, 1.54) is 6.42 Å². The number of benzene rings is 1. The molecule has 1 fully saturated rings. The number of hydrogen-bond donors (Lipinski definition) is 1. The van der Waals surface area contributed by atoms with Gasteiger partial charge in [-0.25, -0.2) is 0 Å². The lowest BCUT2D eigenvalue weighted by Crippen LogP contribution is -2.52. The number of nitrogens with zero attached hydrogens (tertiary/aromatic N) is 2. The van der Waals surface area contributed by atoms with Crippen LogP contribution in [0, 0.1) is 6.92 Å². The van der Waals surface area contributed by atoms with E-state index in [0.29, 0.717) is 17.3 Å². The molecule has 0 saturated heterocycles. The number of carbonyl (C=O) groups is 1. The molecule has 2 aromatic rings. The summed E-state index contributed by atoms with van der Waals surface area (Å²) in [7, 11) is 0. The molecule has 3 rings (SSSR count). The lowest BCUT2D eigenvalue weighted by molar-refractivity contribution is 0.0820. The van der Waals surface area contributed by atoms with E-state index >= 15 is 0 Å². The number of aromatic nitrogens is 2. The van der Waals surface area contributed by atoms with Crippen molar-refractivity contribution in [3.63, 3.8) is 0 Å². The van der Waals surface area contributed by atoms with Crippen molar-refractivity contribution in [2.45, 2.75) is 45.1 Å². The summed E-state index contributed by atoms with van der Waals surface area (Å²) in [6.07, 6.45) is 4.34. The van der Waals surface area contributed by atoms with Crippen molar-refractivity contribution in [2.75, 3.05) is 0 Å². The Morgan fingerprint density at radius 3 is 2.52 bits per heavy atom. The Kier molecular flexibility index (Phi) is 3.49. The lowest BCUT2D eigenvalue weighted by atomic mass is 9.74. The molecule has 1 N–H and O–H groups in total. The summed E-state index contributed by atoms with van der Waals surface area (Å²) >= 11 is 0. The lowest BCUT2D eigenvalue weighted by Gasteiger charge is -2.42. The molecule has 0 atom stereocenters. The van der Waals surface area contributed by atoms with Crippen LogP contribution in [0.25, 0.3) is 11.5 Å². The first-order valence-electron chi connectivity index (χ1n) is 7.35. The Morgan fingerprint density at radius 2 is 2.05 bits per heavy atom. The highest BCUT2D eigenvalue weighted by Crippen LogP contribution is 2.34. The Labute approximate surface area is 123 Å². The molecule has 0 bridgehead atoms. The van der Waals surface area contributed by atoms with Crippen LogP contribution in [0.5, 0.6) is 0 Å². The standard InChI is InChI=1S/C16H19N3O2/c1-3-16(9-4-10-16)18-14(20)12-5-7-13(8-6-12)15-17-11(2)19-21-15/h5-8H,3-4,9-10H2,1-2H3,(H,18,20). The largest absolute Gasteiger partial charge is 0.347 e. The van der Waals surface area contributed by atoms with Crippen LogP contribution in [-0.2, 0) is 0 Å². The Hall–Kier alpha value is -2.17. The molecule has 21 heavy (non-hydrogen) atoms. The summed E-state index contributed by atoms with van der Waals surface area (Å²) in [5.41, 5.74) is 1.50. The molecular weight excluding hydrogens is 266 g/mol. The average molecular weight is 285 g/mol. The Balaban J connectivity index is 1.73. The van der Waals surface area contributed by atoms with E-state index in [2.05, 4.69) is 22.4 Å². The second kappa shape index (κ2) is 5.31. The van der Waals surface area contributed by atoms with Gasteiger partial charge in [-0.3, -0.25) is 4.79 Å². The molecule has 5 heteroatoms. The van der Waals surface area contributed by atoms with Gasteiger partial charge in [0, 0.05) is 16.7 Å². The number of rotatable bonds is 4. The third-order valence-electron chi connectivity index (χ3n) is 4.29. The van der Waals surface area contributed by atoms with Crippen molar-refractivity contribution in [1.82, 2.24) is 15.5 Å². The van der Waals surface area contributed by atoms with Gasteiger partial charge >= 0.3 is 0 Å². The van der Waals surface area contributed by atoms with E-state index in [0.717, 1.165) is 24.8 Å². The van der Waals surface area contributed by atoms with Crippen LogP contribution in [0.15, 0.2) is 28.8 Å². The van der Waals surface area contributed by atoms with E-state index < -0.39 is 0 Å². The third kappa shape index (κ3) is 2.68. The van der Waals surface area contributed by atoms with Gasteiger partial charge in [0.15, 0.2) is 5.82 Å². The fourth-order valence-corrected chi connectivity index (χ4v) is 2.66. The number of hydrogen-bond acceptors (Lipinski definition) is 4. The predicted molar refractivity (Wildman–Crippen MR) is 78.8 cm³/mol. The van der Waals surface area contributed by atoms with Gasteiger partial charge in [0.1, 0.15) is 0 Å². The van der Waals surface area contributed by atoms with E-state index in [1.807, 2.05) is 12.1 Å². The van der Waals surface area contributed by atoms with Crippen LogP contribution in [0.1, 0.15) is 48.8 Å². The van der Waals surface area contributed by atoms with Crippen LogP contribution >= 0.6 is 0 Å². The maximum Gasteiger partial charge on any atom is 0.257 e. The SMILES string of the molecule is CCC1(NC(=O)c2ccc(-c3nc(C)no3)cc2)CCC1. The van der Waals surface area contributed by atoms with E-state index in [4.69, 9.17) is 4.52 Å². The molecule has 1 heterocycles. The van der Waals surface area contributed by atoms with Gasteiger partial charge in [0.25, 0.3) is 11.8 Å². The molecule has 0 unspecified atom stereocenters. The highest BCUT2D eigenvalue weighted by molar-refractivity contribution is 5.95. The van der Waals surface area contributed by atoms with Crippen molar-refractivity contribution < 1.29 is 9.32 Å². The molecule has 0 radical (unpaired) electrons. The zero-order valence-electron chi connectivity index (χ0n) is 12.3. The zero-order valence-corrected chi connectivity index (χ0v) is 12.3. The first-order chi connectivity index (χ1) is 10.1. The summed E-state index contributed by atoms with van der Waals surface area (Å²) in [5.74, 6) is 1.06. The summed E-state index contributed by atoms with van der Waals surface area (Å²) in [6, 6.07) is 7.26. The number of aryl methyl sites for hydroxylation is 1. The van der Waals surface area contributed by atoms with Crippen molar-refractivity contribution in [3.8, 4) is 11.5 Å². The molecule has 1 aromatic carbocycles. The highest BCUT2D eigenvalue weighted by Gasteiger charge is 2.36. The van der Waals surface area contributed by atoms with Gasteiger partial charge in [-0.2, -0.15) is 4.98 Å². The van der Waals surface area contributed by atoms with Gasteiger partial charge in [-0.1, -0.05) is 12.1 Å². The second-order valence-corrected chi connectivity index (χ2v) is 5.67. The van der Waals surface area contributed by atoms with Crippen molar-refractivity contribution in [1.29, 1.82) is 0 Å². The van der Waals surface area contributed by atoms with Crippen LogP contribution in [0.3, 0.4) is 0 Å². The highest BCUT2D eigenvalue weighted by atomic mass is 16.5. The molecule has 0 spiro atoms. The summed E-state index contributed by atoms with van der Waals surface area (Å²) in [4.78, 5) is 16.5. The first kappa shape index (κ1) is 13.8. The second-order valence-electron chi connectivity index (χ2n) is 5.67. The van der Waals surface area contributed by atoms with E-state index in [9.17, 15) is 4.79 Å². The van der Waals surface area contributed by atoms with Crippen LogP contribution in [0.2, 0.25) is 0 Å². The van der Waals surface area contributed by atoms with Crippen LogP contribution < -0.4 is 5.32 Å². The van der Waals surface area contributed by atoms with Crippen LogP contribution in [-0.4, -0.2) is 21.6 Å². The molecule has 1 aromatic heterocycles. The summed E-state index contributed by atoms with van der Waals surface area (Å²) < 4.78 is 5.11. The molecule has 1 amide bonds. The maximum absolute atomic E-state index is 12.3. The minimum atomic E-state index is -0.00944. The molecule has 1 saturated carbocycles. The van der Waals surface area contributed by atoms with E-state index in [-0.39, 0.29) is 11.4 Å². The Morgan fingerprint density at radius 1 is 1.33 bits per heavy atom. The predicted octanol–water partition coefficient (Wildman–Crippen LogP) is 3.11. The Bertz CT molecular complexity index is 636. The van der Waals surface area contributed by atoms with Gasteiger partial charge in [0.2, 0.25) is 0 Å². The average Bonchev–Trinajstić information content (AvgIpc) is 2.89. The number of amides is 1. The minimum absolute atomic E-state index is 0.00944. The minimum Gasteiger partial charge on any atom is -0.347 e. The quantitative estimate of drug-likeness (QED) is 0.937. The van der Waals surface area contributed by atoms with Crippen LogP contribution in [0.4, 0.5) is 0 Å². The summed E-state index contributed by atoms with van der Waals surface area (Å²) in [6.45, 7) is 3.90. The molecule has 5 nitrogen and oxygen atoms in total. The number of nitrogens with one attached hydrogen (secondary N) is 1.